The Morgan fingerprint density at radius 1 is 0.750 bits per heavy atom. The second kappa shape index (κ2) is 8.14. The molecule has 10 heteroatoms. The lowest BCUT2D eigenvalue weighted by atomic mass is 10.2. The fourth-order valence-electron chi connectivity index (χ4n) is 3.02. The van der Waals surface area contributed by atoms with E-state index in [-0.39, 0.29) is 10.6 Å². The molecule has 1 N–H and O–H groups in total. The summed E-state index contributed by atoms with van der Waals surface area (Å²) in [6.45, 7) is 0.920. The molecule has 0 unspecified atom stereocenters. The second-order valence-electron chi connectivity index (χ2n) is 6.55. The smallest absolute Gasteiger partial charge is 0.262 e. The first kappa shape index (κ1) is 20.7. The van der Waals surface area contributed by atoms with Crippen LogP contribution in [0, 0.1) is 11.6 Å². The Bertz CT molecular complexity index is 1030. The number of anilines is 1. The largest absolute Gasteiger partial charge is 0.280 e. The van der Waals surface area contributed by atoms with Crippen LogP contribution in [0.1, 0.15) is 25.7 Å². The van der Waals surface area contributed by atoms with Crippen LogP contribution < -0.4 is 4.72 Å². The minimum absolute atomic E-state index is 0.0640. The molecule has 1 fully saturated rings. The number of halogens is 2. The molecule has 1 heterocycles. The summed E-state index contributed by atoms with van der Waals surface area (Å²) in [6, 6.07) is 7.19. The number of hydrogen-bond donors (Lipinski definition) is 1. The molecule has 152 valence electrons. The van der Waals surface area contributed by atoms with Crippen molar-refractivity contribution in [1.29, 1.82) is 0 Å². The highest BCUT2D eigenvalue weighted by Crippen LogP contribution is 2.23. The summed E-state index contributed by atoms with van der Waals surface area (Å²) in [7, 11) is -7.87. The summed E-state index contributed by atoms with van der Waals surface area (Å²) >= 11 is 0. The molecule has 0 bridgehead atoms. The minimum Gasteiger partial charge on any atom is -0.280 e. The normalized spacial score (nSPS) is 16.5. The molecule has 0 atom stereocenters. The molecule has 3 rings (SSSR count). The average Bonchev–Trinajstić information content (AvgIpc) is 2.91. The molecule has 28 heavy (non-hydrogen) atoms. The Morgan fingerprint density at radius 3 is 1.82 bits per heavy atom. The minimum atomic E-state index is -4.22. The van der Waals surface area contributed by atoms with Gasteiger partial charge in [0.25, 0.3) is 10.0 Å². The third-order valence-corrected chi connectivity index (χ3v) is 7.73. The van der Waals surface area contributed by atoms with Crippen molar-refractivity contribution in [3.63, 3.8) is 0 Å². The van der Waals surface area contributed by atoms with Crippen molar-refractivity contribution < 1.29 is 25.6 Å². The van der Waals surface area contributed by atoms with Gasteiger partial charge in [0, 0.05) is 24.8 Å². The van der Waals surface area contributed by atoms with E-state index in [9.17, 15) is 25.6 Å². The van der Waals surface area contributed by atoms with Crippen LogP contribution in [-0.4, -0.2) is 34.2 Å². The van der Waals surface area contributed by atoms with Gasteiger partial charge in [-0.1, -0.05) is 12.8 Å². The van der Waals surface area contributed by atoms with Gasteiger partial charge in [0.15, 0.2) is 0 Å². The third kappa shape index (κ3) is 4.68. The second-order valence-corrected chi connectivity index (χ2v) is 10.2. The van der Waals surface area contributed by atoms with Crippen molar-refractivity contribution >= 4 is 25.7 Å². The molecule has 6 nitrogen and oxygen atoms in total. The van der Waals surface area contributed by atoms with Crippen molar-refractivity contribution in [2.45, 2.75) is 35.5 Å². The molecule has 0 spiro atoms. The van der Waals surface area contributed by atoms with Gasteiger partial charge in [-0.25, -0.2) is 25.6 Å². The molecular formula is C18H20F2N2O4S2. The van der Waals surface area contributed by atoms with E-state index in [1.54, 1.807) is 0 Å². The van der Waals surface area contributed by atoms with E-state index in [0.29, 0.717) is 31.3 Å². The van der Waals surface area contributed by atoms with Crippen LogP contribution in [-0.2, 0) is 20.0 Å². The Morgan fingerprint density at radius 2 is 1.29 bits per heavy atom. The molecular weight excluding hydrogens is 410 g/mol. The summed E-state index contributed by atoms with van der Waals surface area (Å²) in [4.78, 5) is -0.500. The van der Waals surface area contributed by atoms with Gasteiger partial charge in [-0.2, -0.15) is 4.31 Å². The van der Waals surface area contributed by atoms with Crippen LogP contribution >= 0.6 is 0 Å². The quantitative estimate of drug-likeness (QED) is 0.789. The Kier molecular flexibility index (Phi) is 6.01. The van der Waals surface area contributed by atoms with Gasteiger partial charge in [-0.05, 0) is 49.2 Å². The molecule has 0 amide bonds. The summed E-state index contributed by atoms with van der Waals surface area (Å²) in [5.74, 6) is -2.03. The first-order valence-electron chi connectivity index (χ1n) is 8.78. The van der Waals surface area contributed by atoms with E-state index < -0.39 is 36.6 Å². The van der Waals surface area contributed by atoms with Crippen LogP contribution in [0.4, 0.5) is 14.5 Å². The van der Waals surface area contributed by atoms with E-state index in [4.69, 9.17) is 0 Å². The maximum absolute atomic E-state index is 13.3. The molecule has 0 radical (unpaired) electrons. The average molecular weight is 430 g/mol. The van der Waals surface area contributed by atoms with Gasteiger partial charge in [0.1, 0.15) is 11.6 Å². The molecule has 0 saturated carbocycles. The van der Waals surface area contributed by atoms with E-state index >= 15 is 0 Å². The van der Waals surface area contributed by atoms with Crippen molar-refractivity contribution in [1.82, 2.24) is 4.31 Å². The molecule has 2 aromatic rings. The maximum atomic E-state index is 13.3. The van der Waals surface area contributed by atoms with Crippen LogP contribution in [0.5, 0.6) is 0 Å². The zero-order valence-electron chi connectivity index (χ0n) is 14.9. The fraction of sp³-hybridized carbons (Fsp3) is 0.333. The summed E-state index contributed by atoms with van der Waals surface area (Å²) in [5.41, 5.74) is 0.0829. The van der Waals surface area contributed by atoms with Crippen LogP contribution in [0.2, 0.25) is 0 Å². The third-order valence-electron chi connectivity index (χ3n) is 4.46. The molecule has 0 aromatic heterocycles. The van der Waals surface area contributed by atoms with Gasteiger partial charge >= 0.3 is 0 Å². The number of hydrogen-bond acceptors (Lipinski definition) is 4. The van der Waals surface area contributed by atoms with E-state index in [1.165, 1.54) is 28.6 Å². The lowest BCUT2D eigenvalue weighted by molar-refractivity contribution is 0.424. The van der Waals surface area contributed by atoms with Gasteiger partial charge < -0.3 is 0 Å². The summed E-state index contributed by atoms with van der Waals surface area (Å²) in [5, 5.41) is 0. The van der Waals surface area contributed by atoms with E-state index in [2.05, 4.69) is 4.72 Å². The highest BCUT2D eigenvalue weighted by Gasteiger charge is 2.25. The predicted molar refractivity (Wildman–Crippen MR) is 101 cm³/mol. The van der Waals surface area contributed by atoms with E-state index in [1.807, 2.05) is 0 Å². The lowest BCUT2D eigenvalue weighted by Gasteiger charge is -2.20. The van der Waals surface area contributed by atoms with Gasteiger partial charge in [0.05, 0.1) is 9.79 Å². The van der Waals surface area contributed by atoms with Gasteiger partial charge in [-0.3, -0.25) is 4.72 Å². The van der Waals surface area contributed by atoms with Crippen molar-refractivity contribution in [3.8, 4) is 0 Å². The van der Waals surface area contributed by atoms with Crippen LogP contribution in [0.3, 0.4) is 0 Å². The standard InChI is InChI=1S/C18H20F2N2O4S2/c19-14-11-15(20)13-18(12-14)27(23,24)21-16-5-7-17(8-6-16)28(25,26)22-9-3-1-2-4-10-22/h5-8,11-13,21H,1-4,9-10H2. The number of sulfonamides is 2. The molecule has 1 aliphatic heterocycles. The zero-order valence-corrected chi connectivity index (χ0v) is 16.6. The number of nitrogens with one attached hydrogen (secondary N) is 1. The highest BCUT2D eigenvalue weighted by molar-refractivity contribution is 7.92. The summed E-state index contributed by atoms with van der Waals surface area (Å²) in [6.07, 6.45) is 3.60. The van der Waals surface area contributed by atoms with Crippen LogP contribution in [0.25, 0.3) is 0 Å². The number of benzene rings is 2. The Balaban J connectivity index is 1.80. The lowest BCUT2D eigenvalue weighted by Crippen LogP contribution is -2.31. The highest BCUT2D eigenvalue weighted by atomic mass is 32.2. The molecule has 0 aliphatic carbocycles. The SMILES string of the molecule is O=S(=O)(Nc1ccc(S(=O)(=O)N2CCCCCC2)cc1)c1cc(F)cc(F)c1. The first-order chi connectivity index (χ1) is 13.2. The van der Waals surface area contributed by atoms with E-state index in [0.717, 1.165) is 25.7 Å². The van der Waals surface area contributed by atoms with Crippen molar-refractivity contribution in [2.24, 2.45) is 0 Å². The monoisotopic (exact) mass is 430 g/mol. The Hall–Kier alpha value is -2.04. The van der Waals surface area contributed by atoms with Crippen molar-refractivity contribution in [3.05, 3.63) is 54.1 Å². The maximum Gasteiger partial charge on any atom is 0.262 e. The molecule has 1 saturated heterocycles. The summed E-state index contributed by atoms with van der Waals surface area (Å²) < 4.78 is 80.3. The van der Waals surface area contributed by atoms with Gasteiger partial charge in [0.2, 0.25) is 10.0 Å². The Labute approximate surface area is 163 Å². The topological polar surface area (TPSA) is 83.5 Å². The van der Waals surface area contributed by atoms with Crippen molar-refractivity contribution in [2.75, 3.05) is 17.8 Å². The first-order valence-corrected chi connectivity index (χ1v) is 11.7. The molecule has 2 aromatic carbocycles. The molecule has 1 aliphatic rings. The number of rotatable bonds is 5. The van der Waals surface area contributed by atoms with Gasteiger partial charge in [-0.15, -0.1) is 0 Å². The predicted octanol–water partition coefficient (Wildman–Crippen LogP) is 3.33. The fourth-order valence-corrected chi connectivity index (χ4v) is 5.64. The zero-order chi connectivity index (χ0) is 20.4. The van der Waals surface area contributed by atoms with Crippen LogP contribution in [0.15, 0.2) is 52.3 Å². The number of nitrogens with zero attached hydrogens (tertiary/aromatic N) is 1.